The number of nitrogens with zero attached hydrogens (tertiary/aromatic N) is 8. The van der Waals surface area contributed by atoms with Gasteiger partial charge in [0.05, 0.1) is 62.8 Å². The molecule has 17 nitrogen and oxygen atoms in total. The van der Waals surface area contributed by atoms with E-state index in [1.165, 1.54) is 64.8 Å². The SMILES string of the molecule is COP(=O)(O)c1ccc(-c2c(C3CCOCC3)n(-c3ccc(F)cc3)c3cc4c(cc23)CN=C4)cc1.COc1cc(-c2c(C3CCOCC3)n(-c3ccc(F)cc3)c3cc4c(cc23)CN=C4)cc(OC)c1OC.Fc1ccc(-n2c(C3CCOCC3)c(-c3ccc4nccn4c3)c3cc4c(cc32)C=NC4)cc1. The monoisotopic (exact) mass is 1450 g/mol. The van der Waals surface area contributed by atoms with Crippen molar-refractivity contribution in [2.45, 2.75) is 75.9 Å². The van der Waals surface area contributed by atoms with Crippen molar-refractivity contribution < 1.29 is 55.6 Å². The van der Waals surface area contributed by atoms with Crippen LogP contribution in [-0.2, 0) is 42.9 Å². The Bertz CT molecular complexity index is 5680. The summed E-state index contributed by atoms with van der Waals surface area (Å²) in [6.45, 7) is 6.27. The summed E-state index contributed by atoms with van der Waals surface area (Å²) >= 11 is 0. The van der Waals surface area contributed by atoms with Crippen LogP contribution < -0.4 is 19.5 Å². The number of halogens is 3. The van der Waals surface area contributed by atoms with Crippen LogP contribution in [0.25, 0.3) is 88.8 Å². The first-order valence-corrected chi connectivity index (χ1v) is 37.8. The van der Waals surface area contributed by atoms with Crippen LogP contribution in [0.3, 0.4) is 0 Å². The lowest BCUT2D eigenvalue weighted by atomic mass is 9.89. The number of hydrogen-bond acceptors (Lipinski definition) is 12. The molecule has 19 rings (SSSR count). The number of aliphatic imine (C=N–C) groups is 3. The van der Waals surface area contributed by atoms with Crippen LogP contribution in [0, 0.1) is 17.5 Å². The number of pyridine rings is 1. The van der Waals surface area contributed by atoms with Gasteiger partial charge in [0.1, 0.15) is 23.1 Å². The first-order valence-electron chi connectivity index (χ1n) is 36.2. The van der Waals surface area contributed by atoms with Crippen LogP contribution in [0.1, 0.15) is 107 Å². The summed E-state index contributed by atoms with van der Waals surface area (Å²) < 4.78 is 102. The predicted octanol–water partition coefficient (Wildman–Crippen LogP) is 17.9. The molecule has 107 heavy (non-hydrogen) atoms. The normalized spacial score (nSPS) is 16.2. The van der Waals surface area contributed by atoms with E-state index in [1.54, 1.807) is 45.6 Å². The highest BCUT2D eigenvalue weighted by atomic mass is 31.2. The predicted molar refractivity (Wildman–Crippen MR) is 413 cm³/mol. The van der Waals surface area contributed by atoms with E-state index in [4.69, 9.17) is 32.9 Å². The maximum Gasteiger partial charge on any atom is 0.358 e. The molecule has 0 aliphatic carbocycles. The minimum Gasteiger partial charge on any atom is -0.493 e. The standard InChI is InChI=1S/C30H29FN2O4.C28H23FN4O.C28H26FN2O4P/c1-34-26-14-19(15-27(35-2)30(26)36-3)28-24-12-20-16-32-17-21(20)13-25(24)33(23-6-4-22(31)5-7-23)29(28)18-8-10-37-11-9-18;29-22-2-4-23(5-3-22)33-25-14-21-16-30-15-20(21)13-24(25)27(28(33)18-7-11-34-12-8-18)19-1-6-26-31-9-10-32(26)17-19;1-34-36(32,33)24-8-2-18(3-9-24)27-25-14-20-16-30-17-21(20)15-26(25)31(23-6-4-22(29)5-7-23)28(27)19-10-12-35-13-11-19/h4-7,12-15,17-18H,8-11,16H2,1-3H3;1-6,9-10,13-14,16-18H,7-8,11-12,15H2;2-9,14-15,17,19H,10-13,16H2,1H3,(H,32,33). The Kier molecular flexibility index (Phi) is 18.9. The van der Waals surface area contributed by atoms with Crippen LogP contribution in [0.4, 0.5) is 13.2 Å². The number of imidazole rings is 1. The minimum atomic E-state index is -3.86. The van der Waals surface area contributed by atoms with E-state index >= 15 is 0 Å². The zero-order chi connectivity index (χ0) is 73.0. The molecular weight excluding hydrogens is 1380 g/mol. The topological polar surface area (TPSA) is 171 Å². The van der Waals surface area contributed by atoms with Gasteiger partial charge < -0.3 is 55.9 Å². The second-order valence-electron chi connectivity index (χ2n) is 27.8. The number of methoxy groups -OCH3 is 3. The summed E-state index contributed by atoms with van der Waals surface area (Å²) in [5.74, 6) is 1.81. The molecule has 3 fully saturated rings. The summed E-state index contributed by atoms with van der Waals surface area (Å²) in [5, 5.41) is 3.65. The third kappa shape index (κ3) is 12.9. The smallest absolute Gasteiger partial charge is 0.358 e. The number of hydrogen-bond donors (Lipinski definition) is 1. The summed E-state index contributed by atoms with van der Waals surface area (Å²) in [4.78, 5) is 28.0. The van der Waals surface area contributed by atoms with Gasteiger partial charge in [-0.05, 0) is 229 Å². The van der Waals surface area contributed by atoms with Crippen LogP contribution >= 0.6 is 7.60 Å². The fourth-order valence-corrected chi connectivity index (χ4v) is 17.3. The Morgan fingerprint density at radius 1 is 0.449 bits per heavy atom. The zero-order valence-corrected chi connectivity index (χ0v) is 60.6. The third-order valence-corrected chi connectivity index (χ3v) is 23.2. The Morgan fingerprint density at radius 3 is 1.20 bits per heavy atom. The Labute approximate surface area is 616 Å². The molecule has 0 spiro atoms. The van der Waals surface area contributed by atoms with Crippen molar-refractivity contribution in [1.82, 2.24) is 23.1 Å². The van der Waals surface area contributed by atoms with Gasteiger partial charge in [0, 0.05) is 174 Å². The van der Waals surface area contributed by atoms with E-state index in [0.717, 1.165) is 158 Å². The third-order valence-electron chi connectivity index (χ3n) is 21.7. The molecule has 3 saturated heterocycles. The molecule has 6 aliphatic heterocycles. The molecule has 542 valence electrons. The summed E-state index contributed by atoms with van der Waals surface area (Å²) in [6, 6.07) is 48.9. The summed E-state index contributed by atoms with van der Waals surface area (Å²) in [7, 11) is 2.25. The van der Waals surface area contributed by atoms with Gasteiger partial charge in [-0.2, -0.15) is 0 Å². The van der Waals surface area contributed by atoms with E-state index in [0.29, 0.717) is 69.2 Å². The molecule has 1 N–H and O–H groups in total. The number of ether oxygens (including phenoxy) is 6. The van der Waals surface area contributed by atoms with Gasteiger partial charge in [0.15, 0.2) is 11.5 Å². The highest BCUT2D eigenvalue weighted by molar-refractivity contribution is 7.61. The van der Waals surface area contributed by atoms with Crippen LogP contribution in [-0.4, -0.2) is 115 Å². The molecule has 1 atom stereocenters. The van der Waals surface area contributed by atoms with E-state index in [9.17, 15) is 22.6 Å². The van der Waals surface area contributed by atoms with Crippen molar-refractivity contribution in [3.63, 3.8) is 0 Å². The molecule has 8 aromatic carbocycles. The van der Waals surface area contributed by atoms with Crippen molar-refractivity contribution in [1.29, 1.82) is 0 Å². The molecule has 0 bridgehead atoms. The van der Waals surface area contributed by atoms with Crippen molar-refractivity contribution >= 4 is 69.9 Å². The van der Waals surface area contributed by atoms with Gasteiger partial charge >= 0.3 is 7.60 Å². The largest absolute Gasteiger partial charge is 0.493 e. The maximum absolute atomic E-state index is 14.0. The van der Waals surface area contributed by atoms with Gasteiger partial charge in [-0.25, -0.2) is 18.2 Å². The molecule has 11 heterocycles. The van der Waals surface area contributed by atoms with E-state index in [2.05, 4.69) is 92.8 Å². The number of aromatic nitrogens is 5. The van der Waals surface area contributed by atoms with Crippen LogP contribution in [0.15, 0.2) is 191 Å². The van der Waals surface area contributed by atoms with Crippen molar-refractivity contribution in [3.05, 3.63) is 244 Å². The average Bonchev–Trinajstić information content (AvgIpc) is 1.58. The lowest BCUT2D eigenvalue weighted by molar-refractivity contribution is 0.0843. The Balaban J connectivity index is 0.000000118. The molecule has 21 heteroatoms. The van der Waals surface area contributed by atoms with Crippen LogP contribution in [0.2, 0.25) is 0 Å². The molecule has 0 saturated carbocycles. The maximum atomic E-state index is 14.0. The molecule has 13 aromatic rings. The second-order valence-corrected chi connectivity index (χ2v) is 29.7. The van der Waals surface area contributed by atoms with Gasteiger partial charge in [-0.3, -0.25) is 19.5 Å². The number of fused-ring (bicyclic) bond motifs is 7. The molecule has 5 aromatic heterocycles. The Morgan fingerprint density at radius 2 is 0.822 bits per heavy atom. The lowest BCUT2D eigenvalue weighted by Gasteiger charge is -2.26. The zero-order valence-electron chi connectivity index (χ0n) is 59.7. The lowest BCUT2D eigenvalue weighted by Crippen LogP contribution is -2.17. The van der Waals surface area contributed by atoms with Gasteiger partial charge in [0.2, 0.25) is 5.75 Å². The first-order chi connectivity index (χ1) is 52.3. The van der Waals surface area contributed by atoms with Crippen molar-refractivity contribution in [2.24, 2.45) is 15.0 Å². The molecule has 0 radical (unpaired) electrons. The highest BCUT2D eigenvalue weighted by Gasteiger charge is 2.34. The Hall–Kier alpha value is -10.7. The molecule has 1 unspecified atom stereocenters. The summed E-state index contributed by atoms with van der Waals surface area (Å²) in [6.07, 6.45) is 17.2. The number of benzene rings is 8. The van der Waals surface area contributed by atoms with Crippen molar-refractivity contribution in [3.8, 4) is 67.7 Å². The van der Waals surface area contributed by atoms with Crippen molar-refractivity contribution in [2.75, 3.05) is 68.1 Å². The quantitative estimate of drug-likeness (QED) is 0.103. The fourth-order valence-electron chi connectivity index (χ4n) is 16.5. The van der Waals surface area contributed by atoms with Gasteiger partial charge in [0.25, 0.3) is 0 Å². The minimum absolute atomic E-state index is 0.230. The molecular formula is C86H78F3N8O9P. The first kappa shape index (κ1) is 69.4. The van der Waals surface area contributed by atoms with E-state index in [-0.39, 0.29) is 34.6 Å². The van der Waals surface area contributed by atoms with Crippen LogP contribution in [0.5, 0.6) is 17.2 Å². The van der Waals surface area contributed by atoms with Gasteiger partial charge in [-0.1, -0.05) is 12.1 Å². The number of rotatable bonds is 14. The highest BCUT2D eigenvalue weighted by Crippen LogP contribution is 2.51. The molecule has 0 amide bonds. The second kappa shape index (κ2) is 29.2. The fraction of sp³-hybridized carbons (Fsp3) is 0.256. The van der Waals surface area contributed by atoms with E-state index < -0.39 is 7.60 Å². The van der Waals surface area contributed by atoms with Gasteiger partial charge in [-0.15, -0.1) is 0 Å². The van der Waals surface area contributed by atoms with E-state index in [1.807, 2.05) is 91.7 Å². The molecule has 6 aliphatic rings. The summed E-state index contributed by atoms with van der Waals surface area (Å²) in [5.41, 5.74) is 23.9. The average molecular weight is 1460 g/mol.